The zero-order chi connectivity index (χ0) is 13.9. The molecule has 114 valence electrons. The maximum atomic E-state index is 12.5. The number of carbonyl (C=O) groups excluding carboxylic acids is 1. The van der Waals surface area contributed by atoms with Gasteiger partial charge < -0.3 is 10.2 Å². The molecule has 2 bridgehead atoms. The van der Waals surface area contributed by atoms with Crippen LogP contribution in [0.1, 0.15) is 45.4 Å². The minimum absolute atomic E-state index is 0.410. The van der Waals surface area contributed by atoms with E-state index in [9.17, 15) is 4.79 Å². The van der Waals surface area contributed by atoms with Crippen LogP contribution >= 0.6 is 0 Å². The second kappa shape index (κ2) is 6.44. The lowest BCUT2D eigenvalue weighted by Crippen LogP contribution is -2.49. The van der Waals surface area contributed by atoms with E-state index in [-0.39, 0.29) is 0 Å². The molecule has 3 heterocycles. The van der Waals surface area contributed by atoms with Gasteiger partial charge in [-0.25, -0.2) is 0 Å². The number of fused-ring (bicyclic) bond motifs is 2. The largest absolute Gasteiger partial charge is 0.340 e. The van der Waals surface area contributed by atoms with Crippen LogP contribution in [-0.4, -0.2) is 60.5 Å². The van der Waals surface area contributed by atoms with Crippen molar-refractivity contribution < 1.29 is 4.79 Å². The van der Waals surface area contributed by atoms with Crippen molar-refractivity contribution in [2.45, 2.75) is 57.5 Å². The Morgan fingerprint density at radius 3 is 2.35 bits per heavy atom. The molecule has 0 aromatic heterocycles. The summed E-state index contributed by atoms with van der Waals surface area (Å²) in [6.07, 6.45) is 7.10. The van der Waals surface area contributed by atoms with Crippen LogP contribution in [0.25, 0.3) is 0 Å². The molecule has 3 fully saturated rings. The van der Waals surface area contributed by atoms with E-state index in [0.717, 1.165) is 32.6 Å². The Hall–Kier alpha value is -0.610. The molecule has 3 aliphatic heterocycles. The highest BCUT2D eigenvalue weighted by Crippen LogP contribution is 2.33. The molecular weight excluding hydrogens is 250 g/mol. The Kier molecular flexibility index (Phi) is 4.61. The van der Waals surface area contributed by atoms with Gasteiger partial charge in [0.1, 0.15) is 0 Å². The van der Waals surface area contributed by atoms with Crippen molar-refractivity contribution in [2.75, 3.05) is 32.7 Å². The molecule has 20 heavy (non-hydrogen) atoms. The standard InChI is InChI=1S/C16H29N3O/c1-2-5-18-6-8-19(9-7-18)16(20)12-13-10-14-3-4-15(11-13)17-14/h13-15,17H,2-12H2,1H3. The predicted molar refractivity (Wildman–Crippen MR) is 80.6 cm³/mol. The Bertz CT molecular complexity index is 327. The lowest BCUT2D eigenvalue weighted by molar-refractivity contribution is -0.134. The van der Waals surface area contributed by atoms with Gasteiger partial charge in [0.2, 0.25) is 5.91 Å². The number of nitrogens with zero attached hydrogens (tertiary/aromatic N) is 2. The molecular formula is C16H29N3O. The zero-order valence-electron chi connectivity index (χ0n) is 12.8. The molecule has 0 aromatic carbocycles. The zero-order valence-corrected chi connectivity index (χ0v) is 12.8. The topological polar surface area (TPSA) is 35.6 Å². The first kappa shape index (κ1) is 14.3. The summed E-state index contributed by atoms with van der Waals surface area (Å²) in [6.45, 7) is 7.42. The van der Waals surface area contributed by atoms with Crippen molar-refractivity contribution in [1.29, 1.82) is 0 Å². The van der Waals surface area contributed by atoms with Crippen molar-refractivity contribution in [3.05, 3.63) is 0 Å². The van der Waals surface area contributed by atoms with Gasteiger partial charge in [-0.2, -0.15) is 0 Å². The molecule has 3 aliphatic rings. The van der Waals surface area contributed by atoms with Gasteiger partial charge in [0, 0.05) is 44.7 Å². The summed E-state index contributed by atoms with van der Waals surface area (Å²) in [7, 11) is 0. The number of hydrogen-bond donors (Lipinski definition) is 1. The molecule has 1 amide bonds. The highest BCUT2D eigenvalue weighted by molar-refractivity contribution is 5.76. The van der Waals surface area contributed by atoms with Crippen LogP contribution in [0, 0.1) is 5.92 Å². The van der Waals surface area contributed by atoms with Crippen LogP contribution in [-0.2, 0) is 4.79 Å². The smallest absolute Gasteiger partial charge is 0.222 e. The molecule has 2 unspecified atom stereocenters. The quantitative estimate of drug-likeness (QED) is 0.846. The van der Waals surface area contributed by atoms with Crippen molar-refractivity contribution in [1.82, 2.24) is 15.1 Å². The van der Waals surface area contributed by atoms with E-state index in [1.165, 1.54) is 38.6 Å². The van der Waals surface area contributed by atoms with Gasteiger partial charge in [-0.1, -0.05) is 6.92 Å². The van der Waals surface area contributed by atoms with Crippen molar-refractivity contribution in [3.8, 4) is 0 Å². The number of hydrogen-bond acceptors (Lipinski definition) is 3. The summed E-state index contributed by atoms with van der Waals surface area (Å²) in [6, 6.07) is 1.40. The molecule has 0 aliphatic carbocycles. The fourth-order valence-corrected chi connectivity index (χ4v) is 4.25. The fraction of sp³-hybridized carbons (Fsp3) is 0.938. The van der Waals surface area contributed by atoms with Gasteiger partial charge in [0.25, 0.3) is 0 Å². The third kappa shape index (κ3) is 3.34. The Balaban J connectivity index is 1.43. The normalized spacial score (nSPS) is 34.5. The van der Waals surface area contributed by atoms with Gasteiger partial charge in [-0.15, -0.1) is 0 Å². The van der Waals surface area contributed by atoms with Crippen LogP contribution in [0.3, 0.4) is 0 Å². The predicted octanol–water partition coefficient (Wildman–Crippen LogP) is 1.46. The molecule has 3 saturated heterocycles. The highest BCUT2D eigenvalue weighted by Gasteiger charge is 2.35. The first-order valence-electron chi connectivity index (χ1n) is 8.50. The minimum atomic E-state index is 0.410. The minimum Gasteiger partial charge on any atom is -0.340 e. The van der Waals surface area contributed by atoms with E-state index in [1.54, 1.807) is 0 Å². The van der Waals surface area contributed by atoms with E-state index in [2.05, 4.69) is 22.0 Å². The van der Waals surface area contributed by atoms with E-state index in [1.807, 2.05) is 0 Å². The van der Waals surface area contributed by atoms with E-state index < -0.39 is 0 Å². The maximum absolute atomic E-state index is 12.5. The Morgan fingerprint density at radius 1 is 1.10 bits per heavy atom. The molecule has 0 aromatic rings. The first-order valence-corrected chi connectivity index (χ1v) is 8.50. The Morgan fingerprint density at radius 2 is 1.75 bits per heavy atom. The van der Waals surface area contributed by atoms with Gasteiger partial charge in [0.15, 0.2) is 0 Å². The number of piperazine rings is 1. The summed E-state index contributed by atoms with van der Waals surface area (Å²) >= 11 is 0. The van der Waals surface area contributed by atoms with Gasteiger partial charge in [-0.05, 0) is 44.6 Å². The van der Waals surface area contributed by atoms with E-state index in [0.29, 0.717) is 23.9 Å². The fourth-order valence-electron chi connectivity index (χ4n) is 4.25. The molecule has 0 saturated carbocycles. The average molecular weight is 279 g/mol. The molecule has 4 heteroatoms. The number of piperidine rings is 1. The first-order chi connectivity index (χ1) is 9.74. The summed E-state index contributed by atoms with van der Waals surface area (Å²) in [5.41, 5.74) is 0. The maximum Gasteiger partial charge on any atom is 0.222 e. The summed E-state index contributed by atoms with van der Waals surface area (Å²) in [5.74, 6) is 1.04. The van der Waals surface area contributed by atoms with Crippen LogP contribution < -0.4 is 5.32 Å². The van der Waals surface area contributed by atoms with Gasteiger partial charge >= 0.3 is 0 Å². The third-order valence-electron chi connectivity index (χ3n) is 5.30. The summed E-state index contributed by atoms with van der Waals surface area (Å²) in [5, 5.41) is 3.66. The van der Waals surface area contributed by atoms with Gasteiger partial charge in [0.05, 0.1) is 0 Å². The molecule has 1 N–H and O–H groups in total. The van der Waals surface area contributed by atoms with Crippen LogP contribution in [0.5, 0.6) is 0 Å². The lowest BCUT2D eigenvalue weighted by atomic mass is 9.89. The van der Waals surface area contributed by atoms with Crippen LogP contribution in [0.15, 0.2) is 0 Å². The lowest BCUT2D eigenvalue weighted by Gasteiger charge is -2.36. The average Bonchev–Trinajstić information content (AvgIpc) is 2.79. The monoisotopic (exact) mass is 279 g/mol. The van der Waals surface area contributed by atoms with E-state index >= 15 is 0 Å². The van der Waals surface area contributed by atoms with Crippen molar-refractivity contribution in [2.24, 2.45) is 5.92 Å². The SMILES string of the molecule is CCCN1CCN(C(=O)CC2CC3CCC(C2)N3)CC1. The molecule has 2 atom stereocenters. The van der Waals surface area contributed by atoms with E-state index in [4.69, 9.17) is 0 Å². The number of amides is 1. The molecule has 0 radical (unpaired) electrons. The highest BCUT2D eigenvalue weighted by atomic mass is 16.2. The Labute approximate surface area is 122 Å². The summed E-state index contributed by atoms with van der Waals surface area (Å²) < 4.78 is 0. The molecule has 0 spiro atoms. The molecule has 3 rings (SSSR count). The second-order valence-electron chi connectivity index (χ2n) is 6.90. The number of carbonyl (C=O) groups is 1. The van der Waals surface area contributed by atoms with Crippen molar-refractivity contribution >= 4 is 5.91 Å². The van der Waals surface area contributed by atoms with Crippen LogP contribution in [0.2, 0.25) is 0 Å². The third-order valence-corrected chi connectivity index (χ3v) is 5.30. The molecule has 4 nitrogen and oxygen atoms in total. The van der Waals surface area contributed by atoms with Crippen LogP contribution in [0.4, 0.5) is 0 Å². The van der Waals surface area contributed by atoms with Crippen molar-refractivity contribution in [3.63, 3.8) is 0 Å². The second-order valence-corrected chi connectivity index (χ2v) is 6.90. The number of rotatable bonds is 4. The number of nitrogens with one attached hydrogen (secondary N) is 1. The van der Waals surface area contributed by atoms with Gasteiger partial charge in [-0.3, -0.25) is 9.69 Å². The summed E-state index contributed by atoms with van der Waals surface area (Å²) in [4.78, 5) is 17.0.